The molecule has 0 saturated heterocycles. The lowest BCUT2D eigenvalue weighted by Gasteiger charge is -2.15. The lowest BCUT2D eigenvalue weighted by Crippen LogP contribution is -2.42. The van der Waals surface area contributed by atoms with Crippen molar-refractivity contribution in [1.29, 1.82) is 0 Å². The number of hydrogen-bond acceptors (Lipinski definition) is 4. The summed E-state index contributed by atoms with van der Waals surface area (Å²) < 4.78 is 0. The second kappa shape index (κ2) is 6.13. The Morgan fingerprint density at radius 2 is 2.11 bits per heavy atom. The predicted octanol–water partition coefficient (Wildman–Crippen LogP) is 0.596. The quantitative estimate of drug-likeness (QED) is 0.688. The van der Waals surface area contributed by atoms with Gasteiger partial charge in [-0.3, -0.25) is 9.89 Å². The number of H-pyrrole nitrogens is 1. The summed E-state index contributed by atoms with van der Waals surface area (Å²) in [6.07, 6.45) is 1.00. The number of hydrogen-bond donors (Lipinski definition) is 3. The van der Waals surface area contributed by atoms with Gasteiger partial charge in [0.2, 0.25) is 5.82 Å². The van der Waals surface area contributed by atoms with Gasteiger partial charge in [-0.25, -0.2) is 9.78 Å². The standard InChI is InChI=1S/C11H18N4O3/c1-4-8-13-9(15-14-8)10(16)12-7(11(17)18)5-6(2)3/h6-7H,4-5H2,1-3H3,(H,12,16)(H,17,18)(H,13,14,15)/t7-/m0/s1. The van der Waals surface area contributed by atoms with E-state index in [-0.39, 0.29) is 11.7 Å². The maximum absolute atomic E-state index is 11.8. The van der Waals surface area contributed by atoms with Gasteiger partial charge in [-0.15, -0.1) is 5.10 Å². The second-order valence-electron chi connectivity index (χ2n) is 4.45. The van der Waals surface area contributed by atoms with Crippen LogP contribution in [0.15, 0.2) is 0 Å². The van der Waals surface area contributed by atoms with Crippen molar-refractivity contribution >= 4 is 11.9 Å². The number of carboxylic acids is 1. The van der Waals surface area contributed by atoms with Crippen LogP contribution >= 0.6 is 0 Å². The van der Waals surface area contributed by atoms with E-state index in [0.717, 1.165) is 0 Å². The molecule has 0 aliphatic rings. The van der Waals surface area contributed by atoms with Gasteiger partial charge in [0.05, 0.1) is 0 Å². The molecule has 0 unspecified atom stereocenters. The summed E-state index contributed by atoms with van der Waals surface area (Å²) in [5, 5.41) is 17.8. The van der Waals surface area contributed by atoms with Crippen LogP contribution in [0, 0.1) is 5.92 Å². The molecular formula is C11H18N4O3. The summed E-state index contributed by atoms with van der Waals surface area (Å²) in [6, 6.07) is -0.916. The molecule has 1 aromatic heterocycles. The highest BCUT2D eigenvalue weighted by Gasteiger charge is 2.23. The van der Waals surface area contributed by atoms with E-state index in [1.807, 2.05) is 20.8 Å². The van der Waals surface area contributed by atoms with E-state index < -0.39 is 17.9 Å². The topological polar surface area (TPSA) is 108 Å². The summed E-state index contributed by atoms with van der Waals surface area (Å²) in [7, 11) is 0. The van der Waals surface area contributed by atoms with Crippen molar-refractivity contribution in [3.63, 3.8) is 0 Å². The van der Waals surface area contributed by atoms with E-state index in [4.69, 9.17) is 5.11 Å². The number of nitrogens with zero attached hydrogens (tertiary/aromatic N) is 2. The number of carbonyl (C=O) groups excluding carboxylic acids is 1. The predicted molar refractivity (Wildman–Crippen MR) is 64.1 cm³/mol. The van der Waals surface area contributed by atoms with E-state index >= 15 is 0 Å². The van der Waals surface area contributed by atoms with Gasteiger partial charge >= 0.3 is 5.97 Å². The van der Waals surface area contributed by atoms with Crippen LogP contribution in [0.25, 0.3) is 0 Å². The number of aryl methyl sites for hydroxylation is 1. The summed E-state index contributed by atoms with van der Waals surface area (Å²) >= 11 is 0. The number of aromatic amines is 1. The highest BCUT2D eigenvalue weighted by atomic mass is 16.4. The van der Waals surface area contributed by atoms with E-state index in [1.54, 1.807) is 0 Å². The van der Waals surface area contributed by atoms with Crippen molar-refractivity contribution in [2.24, 2.45) is 5.92 Å². The van der Waals surface area contributed by atoms with Gasteiger partial charge in [0.15, 0.2) is 0 Å². The zero-order valence-corrected chi connectivity index (χ0v) is 10.7. The molecule has 0 saturated carbocycles. The minimum Gasteiger partial charge on any atom is -0.480 e. The average molecular weight is 254 g/mol. The highest BCUT2D eigenvalue weighted by molar-refractivity contribution is 5.93. The smallest absolute Gasteiger partial charge is 0.326 e. The molecule has 0 bridgehead atoms. The van der Waals surface area contributed by atoms with Crippen LogP contribution in [0.1, 0.15) is 43.6 Å². The van der Waals surface area contributed by atoms with Crippen LogP contribution in [0.4, 0.5) is 0 Å². The van der Waals surface area contributed by atoms with Crippen molar-refractivity contribution in [3.05, 3.63) is 11.6 Å². The van der Waals surface area contributed by atoms with Gasteiger partial charge in [-0.05, 0) is 12.3 Å². The fourth-order valence-corrected chi connectivity index (χ4v) is 1.47. The molecule has 0 aliphatic carbocycles. The molecule has 1 amide bonds. The number of aliphatic carboxylic acids is 1. The lowest BCUT2D eigenvalue weighted by atomic mass is 10.0. The molecule has 1 aromatic rings. The summed E-state index contributed by atoms with van der Waals surface area (Å²) in [6.45, 7) is 5.66. The zero-order chi connectivity index (χ0) is 13.7. The van der Waals surface area contributed by atoms with Crippen molar-refractivity contribution in [2.45, 2.75) is 39.7 Å². The minimum absolute atomic E-state index is 0.0261. The Kier molecular flexibility index (Phi) is 4.82. The van der Waals surface area contributed by atoms with Crippen molar-refractivity contribution in [2.75, 3.05) is 0 Å². The number of aromatic nitrogens is 3. The first-order chi connectivity index (χ1) is 8.43. The molecule has 3 N–H and O–H groups in total. The molecule has 0 spiro atoms. The van der Waals surface area contributed by atoms with E-state index in [9.17, 15) is 9.59 Å². The third kappa shape index (κ3) is 3.83. The van der Waals surface area contributed by atoms with Gasteiger partial charge in [0.25, 0.3) is 5.91 Å². The minimum atomic E-state index is -1.05. The molecule has 0 radical (unpaired) electrons. The molecule has 1 heterocycles. The molecule has 1 rings (SSSR count). The molecule has 0 fully saturated rings. The van der Waals surface area contributed by atoms with Crippen LogP contribution in [0.5, 0.6) is 0 Å². The molecule has 0 aliphatic heterocycles. The van der Waals surface area contributed by atoms with Crippen LogP contribution in [-0.2, 0) is 11.2 Å². The number of carboxylic acid groups (broad SMARTS) is 1. The molecule has 0 aromatic carbocycles. The Balaban J connectivity index is 2.69. The molecule has 1 atom stereocenters. The number of carbonyl (C=O) groups is 2. The summed E-state index contributed by atoms with van der Waals surface area (Å²) in [5.74, 6) is -0.884. The molecule has 7 heteroatoms. The first kappa shape index (κ1) is 14.1. The largest absolute Gasteiger partial charge is 0.480 e. The molecule has 18 heavy (non-hydrogen) atoms. The van der Waals surface area contributed by atoms with Crippen molar-refractivity contribution in [3.8, 4) is 0 Å². The normalized spacial score (nSPS) is 12.4. The third-order valence-corrected chi connectivity index (χ3v) is 2.38. The number of amides is 1. The SMILES string of the molecule is CCc1nc(C(=O)N[C@@H](CC(C)C)C(=O)O)n[nH]1. The first-order valence-corrected chi connectivity index (χ1v) is 5.89. The average Bonchev–Trinajstić information content (AvgIpc) is 2.75. The zero-order valence-electron chi connectivity index (χ0n) is 10.7. The third-order valence-electron chi connectivity index (χ3n) is 2.38. The fraction of sp³-hybridized carbons (Fsp3) is 0.636. The Morgan fingerprint density at radius 1 is 1.44 bits per heavy atom. The van der Waals surface area contributed by atoms with Gasteiger partial charge in [0.1, 0.15) is 11.9 Å². The summed E-state index contributed by atoms with van der Waals surface area (Å²) in [5.41, 5.74) is 0. The van der Waals surface area contributed by atoms with Gasteiger partial charge < -0.3 is 10.4 Å². The maximum Gasteiger partial charge on any atom is 0.326 e. The van der Waals surface area contributed by atoms with Gasteiger partial charge in [0, 0.05) is 6.42 Å². The van der Waals surface area contributed by atoms with Crippen LogP contribution in [0.3, 0.4) is 0 Å². The first-order valence-electron chi connectivity index (χ1n) is 5.89. The van der Waals surface area contributed by atoms with Gasteiger partial charge in [-0.2, -0.15) is 0 Å². The van der Waals surface area contributed by atoms with E-state index in [1.165, 1.54) is 0 Å². The monoisotopic (exact) mass is 254 g/mol. The molecule has 7 nitrogen and oxygen atoms in total. The van der Waals surface area contributed by atoms with E-state index in [0.29, 0.717) is 18.7 Å². The Morgan fingerprint density at radius 3 is 2.56 bits per heavy atom. The number of nitrogens with one attached hydrogen (secondary N) is 2. The molecule has 100 valence electrons. The lowest BCUT2D eigenvalue weighted by molar-refractivity contribution is -0.139. The van der Waals surface area contributed by atoms with Crippen LogP contribution < -0.4 is 5.32 Å². The number of rotatable bonds is 6. The van der Waals surface area contributed by atoms with Crippen molar-refractivity contribution < 1.29 is 14.7 Å². The summed E-state index contributed by atoms with van der Waals surface area (Å²) in [4.78, 5) is 26.7. The van der Waals surface area contributed by atoms with Gasteiger partial charge in [-0.1, -0.05) is 20.8 Å². The van der Waals surface area contributed by atoms with E-state index in [2.05, 4.69) is 20.5 Å². The Labute approximate surface area is 105 Å². The second-order valence-corrected chi connectivity index (χ2v) is 4.45. The van der Waals surface area contributed by atoms with Crippen LogP contribution in [-0.4, -0.2) is 38.2 Å². The van der Waals surface area contributed by atoms with Crippen molar-refractivity contribution in [1.82, 2.24) is 20.5 Å². The fourth-order valence-electron chi connectivity index (χ4n) is 1.47. The highest BCUT2D eigenvalue weighted by Crippen LogP contribution is 2.05. The Hall–Kier alpha value is -1.92. The Bertz CT molecular complexity index is 428. The van der Waals surface area contributed by atoms with Crippen LogP contribution in [0.2, 0.25) is 0 Å². The molecular weight excluding hydrogens is 236 g/mol. The maximum atomic E-state index is 11.8.